The molecular formula is C10H11N3O4S. The van der Waals surface area contributed by atoms with Crippen LogP contribution in [0.3, 0.4) is 0 Å². The summed E-state index contributed by atoms with van der Waals surface area (Å²) in [5.41, 5.74) is 7.99. The number of hydrogen-bond acceptors (Lipinski definition) is 5. The number of hydrogen-bond donors (Lipinski definition) is 2. The van der Waals surface area contributed by atoms with Gasteiger partial charge < -0.3 is 4.90 Å². The minimum absolute atomic E-state index is 0.123. The summed E-state index contributed by atoms with van der Waals surface area (Å²) < 4.78 is 31.5. The molecule has 0 saturated carbocycles. The Morgan fingerprint density at radius 3 is 2.67 bits per heavy atom. The molecule has 18 heavy (non-hydrogen) atoms. The molecule has 0 spiro atoms. The molecule has 1 amide bonds. The van der Waals surface area contributed by atoms with Crippen LogP contribution >= 0.6 is 0 Å². The van der Waals surface area contributed by atoms with Crippen molar-refractivity contribution in [1.82, 2.24) is 0 Å². The van der Waals surface area contributed by atoms with Crippen molar-refractivity contribution < 1.29 is 17.8 Å². The summed E-state index contributed by atoms with van der Waals surface area (Å²) in [4.78, 5) is 12.4. The number of nitrogens with one attached hydrogen (secondary N) is 1. The molecule has 0 unspecified atom stereocenters. The summed E-state index contributed by atoms with van der Waals surface area (Å²) >= 11 is 0. The van der Waals surface area contributed by atoms with Crippen LogP contribution in [0, 0.1) is 5.53 Å². The molecule has 0 aliphatic carbocycles. The number of carbonyl (C=O) groups excluding carboxylic acids is 1. The van der Waals surface area contributed by atoms with E-state index in [1.807, 2.05) is 0 Å². The lowest BCUT2D eigenvalue weighted by Gasteiger charge is -2.15. The summed E-state index contributed by atoms with van der Waals surface area (Å²) in [6.07, 6.45) is 0.573. The molecule has 1 aromatic carbocycles. The largest absolute Gasteiger partial charge is 0.312 e. The topological polar surface area (TPSA) is 111 Å². The summed E-state index contributed by atoms with van der Waals surface area (Å²) in [5, 5.41) is 3.09. The third-order valence-corrected chi connectivity index (χ3v) is 3.72. The van der Waals surface area contributed by atoms with E-state index in [9.17, 15) is 13.2 Å². The van der Waals surface area contributed by atoms with Gasteiger partial charge in [-0.3, -0.25) is 9.35 Å². The van der Waals surface area contributed by atoms with Crippen molar-refractivity contribution in [1.29, 1.82) is 5.53 Å². The highest BCUT2D eigenvalue weighted by Gasteiger charge is 2.27. The molecule has 0 saturated heterocycles. The average molecular weight is 269 g/mol. The normalized spacial score (nSPS) is 14.4. The molecule has 2 rings (SSSR count). The molecule has 1 aromatic rings. The lowest BCUT2D eigenvalue weighted by molar-refractivity contribution is -0.116. The van der Waals surface area contributed by atoms with Crippen molar-refractivity contribution in [2.45, 2.75) is 18.2 Å². The maximum absolute atomic E-state index is 11.4. The van der Waals surface area contributed by atoms with Gasteiger partial charge >= 0.3 is 0 Å². The molecule has 0 radical (unpaired) electrons. The quantitative estimate of drug-likeness (QED) is 0.626. The number of carbonyl (C=O) groups is 1. The summed E-state index contributed by atoms with van der Waals surface area (Å²) in [6, 6.07) is 2.60. The zero-order valence-corrected chi connectivity index (χ0v) is 10.4. The van der Waals surface area contributed by atoms with Crippen molar-refractivity contribution >= 4 is 27.4 Å². The molecular weight excluding hydrogens is 258 g/mol. The number of anilines is 1. The van der Waals surface area contributed by atoms with E-state index in [2.05, 4.69) is 5.11 Å². The van der Waals surface area contributed by atoms with Crippen molar-refractivity contribution in [2.75, 3.05) is 11.4 Å². The van der Waals surface area contributed by atoms with Crippen LogP contribution < -0.4 is 4.90 Å². The van der Waals surface area contributed by atoms with Gasteiger partial charge in [-0.2, -0.15) is 13.5 Å². The molecule has 0 atom stereocenters. The zero-order valence-electron chi connectivity index (χ0n) is 9.54. The molecule has 0 bridgehead atoms. The third kappa shape index (κ3) is 2.00. The summed E-state index contributed by atoms with van der Waals surface area (Å²) in [5.74, 6) is -0.203. The van der Waals surface area contributed by atoms with E-state index >= 15 is 0 Å². The van der Waals surface area contributed by atoms with Gasteiger partial charge in [-0.25, -0.2) is 5.53 Å². The van der Waals surface area contributed by atoms with Crippen molar-refractivity contribution in [2.24, 2.45) is 5.11 Å². The Morgan fingerprint density at radius 2 is 2.17 bits per heavy atom. The van der Waals surface area contributed by atoms with Crippen LogP contribution in [0.4, 0.5) is 11.4 Å². The van der Waals surface area contributed by atoms with Crippen LogP contribution in [0.15, 0.2) is 22.1 Å². The SMILES string of the molecule is CC(=O)N1CCc2cc(N=N)c(S(=O)(=O)O)cc21. The summed E-state index contributed by atoms with van der Waals surface area (Å²) in [7, 11) is -4.47. The fourth-order valence-electron chi connectivity index (χ4n) is 2.03. The van der Waals surface area contributed by atoms with Crippen LogP contribution in [0.25, 0.3) is 0 Å². The third-order valence-electron chi connectivity index (χ3n) is 2.83. The van der Waals surface area contributed by atoms with Gasteiger partial charge in [0.1, 0.15) is 10.6 Å². The predicted octanol–water partition coefficient (Wildman–Crippen LogP) is 1.50. The van der Waals surface area contributed by atoms with E-state index in [1.54, 1.807) is 0 Å². The highest BCUT2D eigenvalue weighted by molar-refractivity contribution is 7.86. The monoisotopic (exact) mass is 269 g/mol. The molecule has 1 heterocycles. The van der Waals surface area contributed by atoms with Crippen LogP contribution in [0.1, 0.15) is 12.5 Å². The van der Waals surface area contributed by atoms with E-state index in [4.69, 9.17) is 10.1 Å². The van der Waals surface area contributed by atoms with Gasteiger partial charge in [0.05, 0.1) is 0 Å². The molecule has 2 N–H and O–H groups in total. The number of amides is 1. The van der Waals surface area contributed by atoms with Crippen LogP contribution in [0.2, 0.25) is 0 Å². The average Bonchev–Trinajstić information content (AvgIpc) is 2.68. The van der Waals surface area contributed by atoms with E-state index in [1.165, 1.54) is 24.0 Å². The van der Waals surface area contributed by atoms with Gasteiger partial charge in [-0.1, -0.05) is 0 Å². The van der Waals surface area contributed by atoms with Crippen LogP contribution in [-0.4, -0.2) is 25.4 Å². The first-order chi connectivity index (χ1) is 8.34. The Balaban J connectivity index is 2.68. The molecule has 7 nitrogen and oxygen atoms in total. The van der Waals surface area contributed by atoms with Gasteiger partial charge in [0.2, 0.25) is 5.91 Å². The number of fused-ring (bicyclic) bond motifs is 1. The highest BCUT2D eigenvalue weighted by Crippen LogP contribution is 2.36. The van der Waals surface area contributed by atoms with Gasteiger partial charge in [0, 0.05) is 19.2 Å². The van der Waals surface area contributed by atoms with Gasteiger partial charge in [-0.15, -0.1) is 0 Å². The van der Waals surface area contributed by atoms with E-state index in [0.29, 0.717) is 18.7 Å². The lowest BCUT2D eigenvalue weighted by Crippen LogP contribution is -2.25. The van der Waals surface area contributed by atoms with Gasteiger partial charge in [0.25, 0.3) is 10.1 Å². The zero-order chi connectivity index (χ0) is 13.5. The Morgan fingerprint density at radius 1 is 1.50 bits per heavy atom. The smallest absolute Gasteiger partial charge is 0.296 e. The van der Waals surface area contributed by atoms with Gasteiger partial charge in [0.15, 0.2) is 0 Å². The first-order valence-corrected chi connectivity index (χ1v) is 6.58. The van der Waals surface area contributed by atoms with Crippen molar-refractivity contribution in [3.05, 3.63) is 17.7 Å². The molecule has 1 aliphatic rings. The molecule has 96 valence electrons. The standard InChI is InChI=1S/C10H11N3O4S/c1-6(14)13-3-2-7-4-8(12-11)10(5-9(7)13)18(15,16)17/h4-5,11H,2-3H2,1H3,(H,15,16,17). The maximum Gasteiger partial charge on any atom is 0.296 e. The van der Waals surface area contributed by atoms with Crippen molar-refractivity contribution in [3.8, 4) is 0 Å². The molecule has 1 aliphatic heterocycles. The number of nitrogens with zero attached hydrogens (tertiary/aromatic N) is 2. The lowest BCUT2D eigenvalue weighted by atomic mass is 10.1. The van der Waals surface area contributed by atoms with Crippen molar-refractivity contribution in [3.63, 3.8) is 0 Å². The van der Waals surface area contributed by atoms with E-state index in [-0.39, 0.29) is 11.6 Å². The number of rotatable bonds is 2. The Bertz CT molecular complexity index is 639. The second-order valence-electron chi connectivity index (χ2n) is 3.96. The molecule has 0 aromatic heterocycles. The van der Waals surface area contributed by atoms with Gasteiger partial charge in [-0.05, 0) is 24.1 Å². The van der Waals surface area contributed by atoms with E-state index in [0.717, 1.165) is 5.56 Å². The van der Waals surface area contributed by atoms with Crippen LogP contribution in [0.5, 0.6) is 0 Å². The molecule has 0 fully saturated rings. The summed E-state index contributed by atoms with van der Waals surface area (Å²) in [6.45, 7) is 1.84. The molecule has 8 heteroatoms. The second kappa shape index (κ2) is 4.14. The first kappa shape index (κ1) is 12.7. The second-order valence-corrected chi connectivity index (χ2v) is 5.35. The fraction of sp³-hybridized carbons (Fsp3) is 0.300. The Hall–Kier alpha value is -1.80. The van der Waals surface area contributed by atoms with E-state index < -0.39 is 15.0 Å². The van der Waals surface area contributed by atoms with Crippen LogP contribution in [-0.2, 0) is 21.3 Å². The minimum Gasteiger partial charge on any atom is -0.312 e. The predicted molar refractivity (Wildman–Crippen MR) is 62.8 cm³/mol. The Labute approximate surface area is 104 Å². The Kier molecular flexibility index (Phi) is 2.91. The fourth-order valence-corrected chi connectivity index (χ4v) is 2.66. The highest BCUT2D eigenvalue weighted by atomic mass is 32.2. The number of benzene rings is 1. The maximum atomic E-state index is 11.4. The first-order valence-electron chi connectivity index (χ1n) is 5.14. The minimum atomic E-state index is -4.47.